The summed E-state index contributed by atoms with van der Waals surface area (Å²) >= 11 is 0. The molecule has 31 heavy (non-hydrogen) atoms. The van der Waals surface area contributed by atoms with Crippen LogP contribution in [0.3, 0.4) is 0 Å². The Morgan fingerprint density at radius 2 is 1.87 bits per heavy atom. The maximum Gasteiger partial charge on any atom is 0.314 e. The normalized spacial score (nSPS) is 14.7. The third-order valence-electron chi connectivity index (χ3n) is 5.66. The number of nitrogens with one attached hydrogen (secondary N) is 1. The van der Waals surface area contributed by atoms with Gasteiger partial charge in [-0.25, -0.2) is 9.97 Å². The van der Waals surface area contributed by atoms with E-state index in [-0.39, 0.29) is 0 Å². The quantitative estimate of drug-likeness (QED) is 0.604. The highest BCUT2D eigenvalue weighted by Gasteiger charge is 2.46. The van der Waals surface area contributed by atoms with E-state index in [0.717, 1.165) is 36.6 Å². The van der Waals surface area contributed by atoms with Crippen molar-refractivity contribution in [3.63, 3.8) is 0 Å². The molecule has 0 aliphatic heterocycles. The Bertz CT molecular complexity index is 949. The molecule has 2 aromatic rings. The van der Waals surface area contributed by atoms with E-state index in [1.807, 2.05) is 6.07 Å². The molecule has 2 heterocycles. The maximum absolute atomic E-state index is 12.1. The molecule has 0 atom stereocenters. The van der Waals surface area contributed by atoms with Crippen LogP contribution in [0.15, 0.2) is 30.6 Å². The number of nitrogens with zero attached hydrogens (tertiary/aromatic N) is 4. The smallest absolute Gasteiger partial charge is 0.314 e. The molecule has 0 spiro atoms. The molecule has 7 heteroatoms. The molecule has 1 saturated carbocycles. The van der Waals surface area contributed by atoms with E-state index in [0.29, 0.717) is 36.1 Å². The lowest BCUT2D eigenvalue weighted by atomic mass is 9.65. The number of carbonyl (C=O) groups is 1. The summed E-state index contributed by atoms with van der Waals surface area (Å²) in [5.41, 5.74) is 1.09. The van der Waals surface area contributed by atoms with Crippen molar-refractivity contribution >= 4 is 23.3 Å². The van der Waals surface area contributed by atoms with E-state index in [9.17, 15) is 9.90 Å². The molecular formula is C24H31N5O2. The molecule has 0 unspecified atom stereocenters. The zero-order valence-corrected chi connectivity index (χ0v) is 18.7. The number of pyridine rings is 2. The molecule has 0 saturated heterocycles. The summed E-state index contributed by atoms with van der Waals surface area (Å²) < 4.78 is 0. The van der Waals surface area contributed by atoms with Crippen LogP contribution in [-0.2, 0) is 10.2 Å². The molecule has 0 radical (unpaired) electrons. The first-order valence-electron chi connectivity index (χ1n) is 10.9. The minimum Gasteiger partial charge on any atom is -0.481 e. The molecule has 0 bridgehead atoms. The molecule has 2 N–H and O–H groups in total. The highest BCUT2D eigenvalue weighted by molar-refractivity contribution is 5.84. The van der Waals surface area contributed by atoms with Crippen molar-refractivity contribution in [3.8, 4) is 6.07 Å². The predicted octanol–water partition coefficient (Wildman–Crippen LogP) is 4.72. The third kappa shape index (κ3) is 4.96. The summed E-state index contributed by atoms with van der Waals surface area (Å²) in [6.45, 7) is 10.4. The summed E-state index contributed by atoms with van der Waals surface area (Å²) in [6, 6.07) is 7.45. The van der Waals surface area contributed by atoms with Crippen molar-refractivity contribution in [2.45, 2.75) is 52.4 Å². The summed E-state index contributed by atoms with van der Waals surface area (Å²) in [5, 5.41) is 22.3. The van der Waals surface area contributed by atoms with Crippen LogP contribution < -0.4 is 10.2 Å². The van der Waals surface area contributed by atoms with E-state index in [2.05, 4.69) is 49.0 Å². The van der Waals surface area contributed by atoms with Gasteiger partial charge in [-0.1, -0.05) is 34.1 Å². The van der Waals surface area contributed by atoms with Gasteiger partial charge in [-0.15, -0.1) is 0 Å². The van der Waals surface area contributed by atoms with Crippen LogP contribution in [0.1, 0.15) is 58.1 Å². The molecule has 2 aromatic heterocycles. The van der Waals surface area contributed by atoms with Crippen LogP contribution in [0.4, 0.5) is 17.3 Å². The van der Waals surface area contributed by atoms with Gasteiger partial charge in [0.15, 0.2) is 5.82 Å². The van der Waals surface area contributed by atoms with Gasteiger partial charge in [0.1, 0.15) is 11.9 Å². The fourth-order valence-corrected chi connectivity index (χ4v) is 4.02. The van der Waals surface area contributed by atoms with Gasteiger partial charge >= 0.3 is 5.97 Å². The van der Waals surface area contributed by atoms with E-state index in [1.54, 1.807) is 18.3 Å². The predicted molar refractivity (Wildman–Crippen MR) is 122 cm³/mol. The average Bonchev–Trinajstić information content (AvgIpc) is 2.66. The van der Waals surface area contributed by atoms with Crippen LogP contribution in [0.2, 0.25) is 0 Å². The first kappa shape index (κ1) is 22.5. The second-order valence-electron chi connectivity index (χ2n) is 9.20. The van der Waals surface area contributed by atoms with Gasteiger partial charge in [-0.05, 0) is 48.4 Å². The molecule has 3 rings (SSSR count). The summed E-state index contributed by atoms with van der Waals surface area (Å²) in [5.74, 6) is 1.47. The average molecular weight is 422 g/mol. The molecule has 7 nitrogen and oxygen atoms in total. The van der Waals surface area contributed by atoms with Crippen molar-refractivity contribution in [2.75, 3.05) is 23.3 Å². The minimum absolute atomic E-state index is 0.443. The lowest BCUT2D eigenvalue weighted by molar-refractivity contribution is -0.147. The van der Waals surface area contributed by atoms with E-state index < -0.39 is 11.4 Å². The standard InChI is InChI=1S/C24H31N5O2/c1-16(2)14-29(15-17(3)4)22-20(28-21-7-6-18(11-25)12-26-21)10-19(13-27-22)24(23(30)31)8-5-9-24/h6-7,10,12-13,16-17H,5,8-9,14-15H2,1-4H3,(H,26,28)(H,30,31). The zero-order valence-electron chi connectivity index (χ0n) is 18.7. The van der Waals surface area contributed by atoms with Gasteiger partial charge < -0.3 is 15.3 Å². The molecule has 0 aromatic carbocycles. The lowest BCUT2D eigenvalue weighted by Gasteiger charge is -2.38. The summed E-state index contributed by atoms with van der Waals surface area (Å²) in [4.78, 5) is 23.4. The number of aliphatic carboxylic acids is 1. The molecular weight excluding hydrogens is 390 g/mol. The molecule has 1 fully saturated rings. The highest BCUT2D eigenvalue weighted by atomic mass is 16.4. The number of carboxylic acids is 1. The molecule has 1 aliphatic rings. The Balaban J connectivity index is 2.05. The van der Waals surface area contributed by atoms with Crippen molar-refractivity contribution in [1.82, 2.24) is 9.97 Å². The topological polar surface area (TPSA) is 102 Å². The van der Waals surface area contributed by atoms with Gasteiger partial charge in [0.2, 0.25) is 0 Å². The Hall–Kier alpha value is -3.14. The van der Waals surface area contributed by atoms with Gasteiger partial charge in [0.25, 0.3) is 0 Å². The highest BCUT2D eigenvalue weighted by Crippen LogP contribution is 2.45. The SMILES string of the molecule is CC(C)CN(CC(C)C)c1ncc(C2(C(=O)O)CCC2)cc1Nc1ccc(C#N)cn1. The van der Waals surface area contributed by atoms with Crippen molar-refractivity contribution in [3.05, 3.63) is 41.7 Å². The summed E-state index contributed by atoms with van der Waals surface area (Å²) in [6.07, 6.45) is 5.40. The fraction of sp³-hybridized carbons (Fsp3) is 0.500. The molecule has 1 aliphatic carbocycles. The largest absolute Gasteiger partial charge is 0.481 e. The van der Waals surface area contributed by atoms with Crippen molar-refractivity contribution in [2.24, 2.45) is 11.8 Å². The first-order valence-corrected chi connectivity index (χ1v) is 10.9. The summed E-state index contributed by atoms with van der Waals surface area (Å²) in [7, 11) is 0. The van der Waals surface area contributed by atoms with Gasteiger partial charge in [0, 0.05) is 25.5 Å². The van der Waals surface area contributed by atoms with Crippen LogP contribution in [0.25, 0.3) is 0 Å². The zero-order chi connectivity index (χ0) is 22.6. The van der Waals surface area contributed by atoms with E-state index in [4.69, 9.17) is 10.2 Å². The fourth-order valence-electron chi connectivity index (χ4n) is 4.02. The number of rotatable bonds is 9. The number of carboxylic acid groups (broad SMARTS) is 1. The second kappa shape index (κ2) is 9.34. The van der Waals surface area contributed by atoms with Gasteiger partial charge in [0.05, 0.1) is 16.7 Å². The van der Waals surface area contributed by atoms with Crippen LogP contribution in [0, 0.1) is 23.2 Å². The van der Waals surface area contributed by atoms with Crippen molar-refractivity contribution < 1.29 is 9.90 Å². The number of nitriles is 1. The van der Waals surface area contributed by atoms with Crippen LogP contribution in [0.5, 0.6) is 0 Å². The van der Waals surface area contributed by atoms with E-state index >= 15 is 0 Å². The Kier molecular flexibility index (Phi) is 6.79. The number of hydrogen-bond acceptors (Lipinski definition) is 6. The molecule has 0 amide bonds. The molecule has 164 valence electrons. The second-order valence-corrected chi connectivity index (χ2v) is 9.20. The van der Waals surface area contributed by atoms with Crippen molar-refractivity contribution in [1.29, 1.82) is 5.26 Å². The van der Waals surface area contributed by atoms with Crippen LogP contribution in [-0.4, -0.2) is 34.1 Å². The monoisotopic (exact) mass is 421 g/mol. The van der Waals surface area contributed by atoms with Gasteiger partial charge in [-0.2, -0.15) is 5.26 Å². The Morgan fingerprint density at radius 3 is 2.32 bits per heavy atom. The minimum atomic E-state index is -0.860. The third-order valence-corrected chi connectivity index (χ3v) is 5.66. The number of anilines is 3. The lowest BCUT2D eigenvalue weighted by Crippen LogP contribution is -2.42. The van der Waals surface area contributed by atoms with Gasteiger partial charge in [-0.3, -0.25) is 4.79 Å². The number of aromatic nitrogens is 2. The van der Waals surface area contributed by atoms with E-state index in [1.165, 1.54) is 6.20 Å². The first-order chi connectivity index (χ1) is 14.7. The Labute approximate surface area is 184 Å². The number of hydrogen-bond donors (Lipinski definition) is 2. The van der Waals surface area contributed by atoms with Crippen LogP contribution >= 0.6 is 0 Å². The maximum atomic E-state index is 12.1. The Morgan fingerprint density at radius 1 is 1.19 bits per heavy atom.